The number of nitro benzene ring substituents is 1. The summed E-state index contributed by atoms with van der Waals surface area (Å²) in [5.41, 5.74) is 8.17. The maximum Gasteiger partial charge on any atom is 0.269 e. The van der Waals surface area contributed by atoms with Gasteiger partial charge in [-0.3, -0.25) is 10.1 Å². The Balaban J connectivity index is 2.46. The molecule has 0 fully saturated rings. The highest BCUT2D eigenvalue weighted by Gasteiger charge is 2.09. The number of nitrogens with zero attached hydrogens (tertiary/aromatic N) is 3. The molecular formula is C12H12N4O2. The predicted molar refractivity (Wildman–Crippen MR) is 68.0 cm³/mol. The van der Waals surface area contributed by atoms with Crippen LogP contribution in [0.25, 0.3) is 11.4 Å². The Bertz CT molecular complexity index is 585. The molecule has 18 heavy (non-hydrogen) atoms. The molecule has 0 atom stereocenters. The van der Waals surface area contributed by atoms with Crippen molar-refractivity contribution in [3.8, 4) is 11.4 Å². The van der Waals surface area contributed by atoms with Gasteiger partial charge in [0.05, 0.1) is 4.92 Å². The number of anilines is 1. The van der Waals surface area contributed by atoms with Crippen LogP contribution < -0.4 is 5.73 Å². The summed E-state index contributed by atoms with van der Waals surface area (Å²) in [6.07, 6.45) is 0. The van der Waals surface area contributed by atoms with Crippen molar-refractivity contribution < 1.29 is 4.92 Å². The Morgan fingerprint density at radius 1 is 1.17 bits per heavy atom. The van der Waals surface area contributed by atoms with E-state index >= 15 is 0 Å². The molecule has 0 aliphatic heterocycles. The smallest absolute Gasteiger partial charge is 0.269 e. The molecule has 1 aromatic heterocycles. The molecule has 0 saturated heterocycles. The molecule has 0 bridgehead atoms. The van der Waals surface area contributed by atoms with E-state index in [2.05, 4.69) is 9.97 Å². The number of hydrogen-bond donors (Lipinski definition) is 1. The number of nitro groups is 1. The van der Waals surface area contributed by atoms with Gasteiger partial charge in [-0.2, -0.15) is 0 Å². The van der Waals surface area contributed by atoms with Gasteiger partial charge >= 0.3 is 0 Å². The van der Waals surface area contributed by atoms with E-state index < -0.39 is 4.92 Å². The minimum Gasteiger partial charge on any atom is -0.383 e. The van der Waals surface area contributed by atoms with Crippen molar-refractivity contribution in [2.45, 2.75) is 13.8 Å². The SMILES string of the molecule is Cc1nc(-c2ccc([N+](=O)[O-])cc2)nc(N)c1C. The second-order valence-corrected chi connectivity index (χ2v) is 3.95. The minimum atomic E-state index is -0.445. The first-order valence-electron chi connectivity index (χ1n) is 5.34. The molecule has 2 N–H and O–H groups in total. The summed E-state index contributed by atoms with van der Waals surface area (Å²) >= 11 is 0. The molecule has 0 amide bonds. The van der Waals surface area contributed by atoms with Gasteiger partial charge in [-0.05, 0) is 26.0 Å². The number of hydrogen-bond acceptors (Lipinski definition) is 5. The lowest BCUT2D eigenvalue weighted by Crippen LogP contribution is -2.02. The van der Waals surface area contributed by atoms with Crippen molar-refractivity contribution in [3.63, 3.8) is 0 Å². The third-order valence-electron chi connectivity index (χ3n) is 2.76. The predicted octanol–water partition coefficient (Wildman–Crippen LogP) is 2.25. The van der Waals surface area contributed by atoms with Crippen molar-refractivity contribution in [2.24, 2.45) is 0 Å². The van der Waals surface area contributed by atoms with Crippen molar-refractivity contribution in [3.05, 3.63) is 45.6 Å². The van der Waals surface area contributed by atoms with Crippen LogP contribution in [0.5, 0.6) is 0 Å². The zero-order valence-corrected chi connectivity index (χ0v) is 10.0. The van der Waals surface area contributed by atoms with Gasteiger partial charge in [0.1, 0.15) is 5.82 Å². The van der Waals surface area contributed by atoms with Gasteiger partial charge in [0.15, 0.2) is 5.82 Å². The highest BCUT2D eigenvalue weighted by molar-refractivity contribution is 5.60. The van der Waals surface area contributed by atoms with Crippen LogP contribution >= 0.6 is 0 Å². The summed E-state index contributed by atoms with van der Waals surface area (Å²) in [4.78, 5) is 18.6. The Morgan fingerprint density at radius 2 is 1.78 bits per heavy atom. The number of nitrogens with two attached hydrogens (primary N) is 1. The maximum atomic E-state index is 10.6. The molecule has 0 aliphatic carbocycles. The fourth-order valence-electron chi connectivity index (χ4n) is 1.51. The molecule has 1 aromatic carbocycles. The first-order chi connectivity index (χ1) is 8.49. The van der Waals surface area contributed by atoms with E-state index in [1.165, 1.54) is 12.1 Å². The summed E-state index contributed by atoms with van der Waals surface area (Å²) in [7, 11) is 0. The fourth-order valence-corrected chi connectivity index (χ4v) is 1.51. The van der Waals surface area contributed by atoms with E-state index in [1.807, 2.05) is 13.8 Å². The summed E-state index contributed by atoms with van der Waals surface area (Å²) in [5, 5.41) is 10.6. The number of aryl methyl sites for hydroxylation is 1. The first kappa shape index (κ1) is 12.0. The quantitative estimate of drug-likeness (QED) is 0.645. The molecular weight excluding hydrogens is 232 g/mol. The Hall–Kier alpha value is -2.50. The van der Waals surface area contributed by atoms with Gasteiger partial charge < -0.3 is 5.73 Å². The summed E-state index contributed by atoms with van der Waals surface area (Å²) in [6.45, 7) is 3.70. The Morgan fingerprint density at radius 3 is 2.28 bits per heavy atom. The molecule has 0 radical (unpaired) electrons. The second-order valence-electron chi connectivity index (χ2n) is 3.95. The largest absolute Gasteiger partial charge is 0.383 e. The van der Waals surface area contributed by atoms with Gasteiger partial charge in [0.25, 0.3) is 5.69 Å². The monoisotopic (exact) mass is 244 g/mol. The molecule has 92 valence electrons. The highest BCUT2D eigenvalue weighted by atomic mass is 16.6. The van der Waals surface area contributed by atoms with Crippen LogP contribution in [-0.4, -0.2) is 14.9 Å². The normalized spacial score (nSPS) is 10.3. The third-order valence-corrected chi connectivity index (χ3v) is 2.76. The number of non-ortho nitro benzene ring substituents is 1. The average molecular weight is 244 g/mol. The number of aromatic nitrogens is 2. The molecule has 0 unspecified atom stereocenters. The summed E-state index contributed by atoms with van der Waals surface area (Å²) in [6, 6.07) is 6.07. The molecule has 6 nitrogen and oxygen atoms in total. The van der Waals surface area contributed by atoms with E-state index in [4.69, 9.17) is 5.73 Å². The van der Waals surface area contributed by atoms with Crippen molar-refractivity contribution in [1.29, 1.82) is 0 Å². The van der Waals surface area contributed by atoms with Gasteiger partial charge in [0, 0.05) is 29.0 Å². The first-order valence-corrected chi connectivity index (χ1v) is 5.34. The van der Waals surface area contributed by atoms with Crippen LogP contribution in [-0.2, 0) is 0 Å². The third kappa shape index (κ3) is 2.13. The molecule has 1 heterocycles. The summed E-state index contributed by atoms with van der Waals surface area (Å²) in [5.74, 6) is 0.904. The van der Waals surface area contributed by atoms with Crippen LogP contribution in [0.1, 0.15) is 11.3 Å². The Kier molecular flexibility index (Phi) is 2.93. The summed E-state index contributed by atoms with van der Waals surface area (Å²) < 4.78 is 0. The number of benzene rings is 1. The molecule has 2 aromatic rings. The van der Waals surface area contributed by atoms with Gasteiger partial charge in [-0.1, -0.05) is 0 Å². The van der Waals surface area contributed by atoms with Crippen LogP contribution in [0.4, 0.5) is 11.5 Å². The second kappa shape index (κ2) is 4.40. The standard InChI is InChI=1S/C12H12N4O2/c1-7-8(2)14-12(15-11(7)13)9-3-5-10(6-4-9)16(17)18/h3-6H,1-2H3,(H2,13,14,15). The van der Waals surface area contributed by atoms with Gasteiger partial charge in [-0.25, -0.2) is 9.97 Å². The van der Waals surface area contributed by atoms with Crippen LogP contribution in [0.15, 0.2) is 24.3 Å². The molecule has 0 spiro atoms. The van der Waals surface area contributed by atoms with Crippen molar-refractivity contribution in [2.75, 3.05) is 5.73 Å². The average Bonchev–Trinajstić information content (AvgIpc) is 2.35. The lowest BCUT2D eigenvalue weighted by Gasteiger charge is -2.06. The topological polar surface area (TPSA) is 94.9 Å². The van der Waals surface area contributed by atoms with Crippen LogP contribution in [0, 0.1) is 24.0 Å². The van der Waals surface area contributed by atoms with Crippen LogP contribution in [0.2, 0.25) is 0 Å². The van der Waals surface area contributed by atoms with Gasteiger partial charge in [-0.15, -0.1) is 0 Å². The van der Waals surface area contributed by atoms with Crippen molar-refractivity contribution >= 4 is 11.5 Å². The molecule has 0 saturated carbocycles. The van der Waals surface area contributed by atoms with E-state index in [0.717, 1.165) is 11.3 Å². The molecule has 2 rings (SSSR count). The Labute approximate surface area is 104 Å². The fraction of sp³-hybridized carbons (Fsp3) is 0.167. The van der Waals surface area contributed by atoms with E-state index in [-0.39, 0.29) is 5.69 Å². The zero-order chi connectivity index (χ0) is 13.3. The van der Waals surface area contributed by atoms with E-state index in [0.29, 0.717) is 17.2 Å². The highest BCUT2D eigenvalue weighted by Crippen LogP contribution is 2.22. The lowest BCUT2D eigenvalue weighted by atomic mass is 10.1. The van der Waals surface area contributed by atoms with E-state index in [1.54, 1.807) is 12.1 Å². The van der Waals surface area contributed by atoms with Gasteiger partial charge in [0.2, 0.25) is 0 Å². The minimum absolute atomic E-state index is 0.0376. The molecule has 0 aliphatic rings. The number of rotatable bonds is 2. The maximum absolute atomic E-state index is 10.6. The molecule has 6 heteroatoms. The lowest BCUT2D eigenvalue weighted by molar-refractivity contribution is -0.384. The van der Waals surface area contributed by atoms with Crippen LogP contribution in [0.3, 0.4) is 0 Å². The van der Waals surface area contributed by atoms with E-state index in [9.17, 15) is 10.1 Å². The number of nitrogen functional groups attached to an aromatic ring is 1. The zero-order valence-electron chi connectivity index (χ0n) is 10.0. The van der Waals surface area contributed by atoms with Crippen molar-refractivity contribution in [1.82, 2.24) is 9.97 Å².